The molecule has 146 valence electrons. The minimum absolute atomic E-state index is 0.0470. The SMILES string of the molecule is COc1ccccc1-c1nnc(SC(C)C(=O)Nc2ccc(Cl)cc2F)n1N. The fourth-order valence-electron chi connectivity index (χ4n) is 2.41. The molecule has 3 rings (SSSR count). The zero-order valence-electron chi connectivity index (χ0n) is 15.0. The third-order valence-corrected chi connectivity index (χ3v) is 5.14. The molecule has 0 aliphatic rings. The molecule has 10 heteroatoms. The van der Waals surface area contributed by atoms with Gasteiger partial charge in [-0.05, 0) is 37.3 Å². The molecule has 1 heterocycles. The maximum absolute atomic E-state index is 13.9. The van der Waals surface area contributed by atoms with Gasteiger partial charge in [0.15, 0.2) is 5.82 Å². The maximum Gasteiger partial charge on any atom is 0.237 e. The van der Waals surface area contributed by atoms with Gasteiger partial charge in [-0.15, -0.1) is 10.2 Å². The van der Waals surface area contributed by atoms with Crippen molar-refractivity contribution in [3.63, 3.8) is 0 Å². The number of hydrogen-bond acceptors (Lipinski definition) is 6. The second kappa shape index (κ2) is 8.49. The van der Waals surface area contributed by atoms with E-state index in [-0.39, 0.29) is 10.7 Å². The van der Waals surface area contributed by atoms with Gasteiger partial charge in [-0.1, -0.05) is 35.5 Å². The fourth-order valence-corrected chi connectivity index (χ4v) is 3.34. The number of carbonyl (C=O) groups is 1. The predicted octanol–water partition coefficient (Wildman–Crippen LogP) is 3.58. The summed E-state index contributed by atoms with van der Waals surface area (Å²) in [5.41, 5.74) is 0.720. The predicted molar refractivity (Wildman–Crippen MR) is 108 cm³/mol. The van der Waals surface area contributed by atoms with Gasteiger partial charge in [0.25, 0.3) is 0 Å². The van der Waals surface area contributed by atoms with Gasteiger partial charge < -0.3 is 15.9 Å². The number of thioether (sulfide) groups is 1. The molecule has 28 heavy (non-hydrogen) atoms. The summed E-state index contributed by atoms with van der Waals surface area (Å²) in [6, 6.07) is 11.3. The summed E-state index contributed by atoms with van der Waals surface area (Å²) in [4.78, 5) is 12.4. The number of carbonyl (C=O) groups excluding carboxylic acids is 1. The highest BCUT2D eigenvalue weighted by Gasteiger charge is 2.22. The Morgan fingerprint density at radius 1 is 1.32 bits per heavy atom. The lowest BCUT2D eigenvalue weighted by molar-refractivity contribution is -0.115. The summed E-state index contributed by atoms with van der Waals surface area (Å²) in [6.45, 7) is 1.66. The molecule has 1 unspecified atom stereocenters. The van der Waals surface area contributed by atoms with Crippen LogP contribution in [-0.2, 0) is 4.79 Å². The van der Waals surface area contributed by atoms with E-state index >= 15 is 0 Å². The number of amides is 1. The van der Waals surface area contributed by atoms with Crippen LogP contribution in [0, 0.1) is 5.82 Å². The van der Waals surface area contributed by atoms with E-state index in [0.717, 1.165) is 17.8 Å². The number of nitrogens with two attached hydrogens (primary N) is 1. The number of para-hydroxylation sites is 1. The van der Waals surface area contributed by atoms with Gasteiger partial charge in [-0.25, -0.2) is 9.07 Å². The van der Waals surface area contributed by atoms with Crippen molar-refractivity contribution in [3.05, 3.63) is 53.3 Å². The highest BCUT2D eigenvalue weighted by molar-refractivity contribution is 8.00. The third kappa shape index (κ3) is 4.20. The van der Waals surface area contributed by atoms with Crippen LogP contribution in [0.1, 0.15) is 6.92 Å². The minimum atomic E-state index is -0.612. The molecule has 0 radical (unpaired) electrons. The number of nitrogens with one attached hydrogen (secondary N) is 1. The molecule has 1 amide bonds. The Morgan fingerprint density at radius 3 is 2.79 bits per heavy atom. The first-order valence-electron chi connectivity index (χ1n) is 8.17. The van der Waals surface area contributed by atoms with Crippen molar-refractivity contribution in [3.8, 4) is 17.1 Å². The number of hydrogen-bond donors (Lipinski definition) is 2. The van der Waals surface area contributed by atoms with Crippen molar-refractivity contribution < 1.29 is 13.9 Å². The van der Waals surface area contributed by atoms with E-state index in [1.165, 1.54) is 16.8 Å². The van der Waals surface area contributed by atoms with Crippen LogP contribution in [0.25, 0.3) is 11.4 Å². The monoisotopic (exact) mass is 421 g/mol. The summed E-state index contributed by atoms with van der Waals surface area (Å²) >= 11 is 6.82. The van der Waals surface area contributed by atoms with Crippen LogP contribution in [-0.4, -0.2) is 33.1 Å². The van der Waals surface area contributed by atoms with E-state index in [1.54, 1.807) is 26.2 Å². The number of benzene rings is 2. The fraction of sp³-hybridized carbons (Fsp3) is 0.167. The average Bonchev–Trinajstić information content (AvgIpc) is 3.04. The van der Waals surface area contributed by atoms with Crippen molar-refractivity contribution in [2.45, 2.75) is 17.3 Å². The Labute approximate surface area is 170 Å². The smallest absolute Gasteiger partial charge is 0.237 e. The summed E-state index contributed by atoms with van der Waals surface area (Å²) in [6.07, 6.45) is 0. The number of nitrogens with zero attached hydrogens (tertiary/aromatic N) is 3. The molecule has 0 spiro atoms. The van der Waals surface area contributed by atoms with Crippen molar-refractivity contribution in [1.29, 1.82) is 0 Å². The molecule has 3 aromatic rings. The zero-order chi connectivity index (χ0) is 20.3. The number of anilines is 1. The second-order valence-electron chi connectivity index (χ2n) is 5.75. The molecule has 0 aliphatic carbocycles. The average molecular weight is 422 g/mol. The number of nitrogen functional groups attached to an aromatic ring is 1. The van der Waals surface area contributed by atoms with Crippen molar-refractivity contribution in [2.75, 3.05) is 18.3 Å². The largest absolute Gasteiger partial charge is 0.496 e. The lowest BCUT2D eigenvalue weighted by Crippen LogP contribution is -2.24. The normalized spacial score (nSPS) is 11.9. The molecule has 0 bridgehead atoms. The van der Waals surface area contributed by atoms with E-state index in [4.69, 9.17) is 22.2 Å². The van der Waals surface area contributed by atoms with Crippen LogP contribution in [0.3, 0.4) is 0 Å². The first kappa shape index (κ1) is 20.0. The van der Waals surface area contributed by atoms with Crippen LogP contribution < -0.4 is 15.9 Å². The van der Waals surface area contributed by atoms with E-state index in [1.807, 2.05) is 12.1 Å². The Morgan fingerprint density at radius 2 is 2.07 bits per heavy atom. The number of aromatic nitrogens is 3. The molecule has 2 aromatic carbocycles. The Hall–Kier alpha value is -2.78. The van der Waals surface area contributed by atoms with E-state index in [2.05, 4.69) is 15.5 Å². The van der Waals surface area contributed by atoms with Gasteiger partial charge >= 0.3 is 0 Å². The molecule has 3 N–H and O–H groups in total. The van der Waals surface area contributed by atoms with Crippen LogP contribution in [0.2, 0.25) is 5.02 Å². The van der Waals surface area contributed by atoms with E-state index < -0.39 is 17.0 Å². The molecule has 7 nitrogen and oxygen atoms in total. The Kier molecular flexibility index (Phi) is 6.05. The number of rotatable bonds is 6. The summed E-state index contributed by atoms with van der Waals surface area (Å²) in [5.74, 6) is 6.09. The molecule has 1 atom stereocenters. The molecule has 0 aliphatic heterocycles. The first-order chi connectivity index (χ1) is 13.4. The van der Waals surface area contributed by atoms with Crippen LogP contribution in [0.4, 0.5) is 10.1 Å². The van der Waals surface area contributed by atoms with Gasteiger partial charge in [0.2, 0.25) is 11.1 Å². The standard InChI is InChI=1S/C18H17ClFN5O2S/c1-10(17(26)22-14-8-7-11(19)9-13(14)20)28-18-24-23-16(25(18)21)12-5-3-4-6-15(12)27-2/h3-10H,21H2,1-2H3,(H,22,26). The number of methoxy groups -OCH3 is 1. The van der Waals surface area contributed by atoms with Crippen molar-refractivity contribution in [1.82, 2.24) is 14.9 Å². The zero-order valence-corrected chi connectivity index (χ0v) is 16.6. The van der Waals surface area contributed by atoms with Gasteiger partial charge in [-0.3, -0.25) is 4.79 Å². The van der Waals surface area contributed by atoms with Gasteiger partial charge in [0.05, 0.1) is 23.6 Å². The molecule has 0 fully saturated rings. The Bertz CT molecular complexity index is 1010. The lowest BCUT2D eigenvalue weighted by Gasteiger charge is -2.12. The van der Waals surface area contributed by atoms with E-state index in [0.29, 0.717) is 22.3 Å². The molecular formula is C18H17ClFN5O2S. The highest BCUT2D eigenvalue weighted by atomic mass is 35.5. The molecule has 1 aromatic heterocycles. The van der Waals surface area contributed by atoms with Crippen molar-refractivity contribution in [2.24, 2.45) is 0 Å². The summed E-state index contributed by atoms with van der Waals surface area (Å²) in [7, 11) is 1.55. The van der Waals surface area contributed by atoms with Crippen molar-refractivity contribution >= 4 is 35.0 Å². The second-order valence-corrected chi connectivity index (χ2v) is 7.49. The summed E-state index contributed by atoms with van der Waals surface area (Å²) in [5, 5.41) is 10.6. The number of halogens is 2. The lowest BCUT2D eigenvalue weighted by atomic mass is 10.2. The Balaban J connectivity index is 1.75. The summed E-state index contributed by atoms with van der Waals surface area (Å²) < 4.78 is 20.5. The molecule has 0 saturated heterocycles. The quantitative estimate of drug-likeness (QED) is 0.466. The number of ether oxygens (including phenoxy) is 1. The third-order valence-electron chi connectivity index (χ3n) is 3.85. The van der Waals surface area contributed by atoms with Crippen LogP contribution >= 0.6 is 23.4 Å². The van der Waals surface area contributed by atoms with Gasteiger partial charge in [-0.2, -0.15) is 0 Å². The van der Waals surface area contributed by atoms with Crippen LogP contribution in [0.5, 0.6) is 5.75 Å². The van der Waals surface area contributed by atoms with E-state index in [9.17, 15) is 9.18 Å². The topological polar surface area (TPSA) is 95.1 Å². The highest BCUT2D eigenvalue weighted by Crippen LogP contribution is 2.30. The first-order valence-corrected chi connectivity index (χ1v) is 9.43. The molecular weight excluding hydrogens is 405 g/mol. The minimum Gasteiger partial charge on any atom is -0.496 e. The molecule has 0 saturated carbocycles. The van der Waals surface area contributed by atoms with Gasteiger partial charge in [0, 0.05) is 5.02 Å². The van der Waals surface area contributed by atoms with Crippen LogP contribution in [0.15, 0.2) is 47.6 Å². The van der Waals surface area contributed by atoms with Gasteiger partial charge in [0.1, 0.15) is 11.6 Å². The maximum atomic E-state index is 13.9.